The maximum absolute atomic E-state index is 12.9. The van der Waals surface area contributed by atoms with Crippen LogP contribution in [-0.2, 0) is 14.8 Å². The van der Waals surface area contributed by atoms with Gasteiger partial charge in [0.1, 0.15) is 10.6 Å². The normalized spacial score (nSPS) is 18.6. The van der Waals surface area contributed by atoms with E-state index >= 15 is 0 Å². The van der Waals surface area contributed by atoms with Crippen LogP contribution in [0.5, 0.6) is 5.75 Å². The molecule has 0 spiro atoms. The lowest BCUT2D eigenvalue weighted by Crippen LogP contribution is -2.35. The zero-order valence-electron chi connectivity index (χ0n) is 17.5. The third-order valence-corrected chi connectivity index (χ3v) is 6.98. The summed E-state index contributed by atoms with van der Waals surface area (Å²) in [5, 5.41) is 2.81. The van der Waals surface area contributed by atoms with Gasteiger partial charge in [-0.25, -0.2) is 8.42 Å². The van der Waals surface area contributed by atoms with Gasteiger partial charge in [-0.05, 0) is 54.2 Å². The molecule has 0 aliphatic heterocycles. The zero-order chi connectivity index (χ0) is 22.6. The molecule has 0 saturated heterocycles. The molecule has 1 aliphatic rings. The maximum atomic E-state index is 12.9. The highest BCUT2D eigenvalue weighted by atomic mass is 32.2. The Balaban J connectivity index is 1.76. The van der Waals surface area contributed by atoms with Crippen LogP contribution >= 0.6 is 12.2 Å². The van der Waals surface area contributed by atoms with Crippen LogP contribution < -0.4 is 20.5 Å². The van der Waals surface area contributed by atoms with E-state index in [1.807, 2.05) is 30.3 Å². The predicted octanol–water partition coefficient (Wildman–Crippen LogP) is 2.98. The van der Waals surface area contributed by atoms with Gasteiger partial charge < -0.3 is 15.8 Å². The van der Waals surface area contributed by atoms with E-state index in [0.29, 0.717) is 6.42 Å². The van der Waals surface area contributed by atoms with Crippen LogP contribution in [0.15, 0.2) is 53.4 Å². The van der Waals surface area contributed by atoms with Gasteiger partial charge in [0.05, 0.1) is 13.2 Å². The number of rotatable bonds is 9. The fourth-order valence-corrected chi connectivity index (χ4v) is 5.16. The summed E-state index contributed by atoms with van der Waals surface area (Å²) in [6.45, 7) is 2.09. The molecule has 0 bridgehead atoms. The molecule has 1 amide bonds. The van der Waals surface area contributed by atoms with Gasteiger partial charge in [-0.1, -0.05) is 49.7 Å². The molecule has 4 N–H and O–H groups in total. The Morgan fingerprint density at radius 1 is 1.26 bits per heavy atom. The summed E-state index contributed by atoms with van der Waals surface area (Å²) in [5.41, 5.74) is 7.19. The Hall–Kier alpha value is -2.65. The minimum Gasteiger partial charge on any atom is -0.495 e. The molecule has 166 valence electrons. The molecule has 1 fully saturated rings. The SMILES string of the molecule is CCCC(NC(=O)C1CC1c1ccc(OC)c(S(=O)(=O)NC(N)=S)c1)c1ccccc1. The number of hydrogen-bond donors (Lipinski definition) is 3. The smallest absolute Gasteiger partial charge is 0.267 e. The molecule has 3 unspecified atom stereocenters. The number of amides is 1. The minimum absolute atomic E-state index is 0.0196. The average Bonchev–Trinajstić information content (AvgIpc) is 3.54. The van der Waals surface area contributed by atoms with E-state index in [4.69, 9.17) is 10.5 Å². The van der Waals surface area contributed by atoms with Gasteiger partial charge in [-0.2, -0.15) is 0 Å². The molecule has 0 radical (unpaired) electrons. The number of carbonyl (C=O) groups excluding carboxylic acids is 1. The number of sulfonamides is 1. The number of benzene rings is 2. The van der Waals surface area contributed by atoms with Crippen molar-refractivity contribution in [2.75, 3.05) is 7.11 Å². The van der Waals surface area contributed by atoms with Gasteiger partial charge in [-0.3, -0.25) is 9.52 Å². The fraction of sp³-hybridized carbons (Fsp3) is 0.364. The van der Waals surface area contributed by atoms with E-state index in [2.05, 4.69) is 29.2 Å². The molecular formula is C22H27N3O4S2. The summed E-state index contributed by atoms with van der Waals surface area (Å²) in [5.74, 6) is -0.0895. The molecule has 0 heterocycles. The van der Waals surface area contributed by atoms with Crippen LogP contribution in [0.3, 0.4) is 0 Å². The summed E-state index contributed by atoms with van der Waals surface area (Å²) < 4.78 is 32.4. The van der Waals surface area contributed by atoms with E-state index in [1.54, 1.807) is 12.1 Å². The molecule has 1 saturated carbocycles. The van der Waals surface area contributed by atoms with Crippen molar-refractivity contribution in [2.24, 2.45) is 11.7 Å². The van der Waals surface area contributed by atoms with E-state index in [0.717, 1.165) is 24.0 Å². The Kier molecular flexibility index (Phi) is 7.17. The number of hydrogen-bond acceptors (Lipinski definition) is 5. The highest BCUT2D eigenvalue weighted by molar-refractivity contribution is 7.92. The van der Waals surface area contributed by atoms with Gasteiger partial charge in [0.2, 0.25) is 5.91 Å². The van der Waals surface area contributed by atoms with Crippen LogP contribution in [0.25, 0.3) is 0 Å². The van der Waals surface area contributed by atoms with Crippen molar-refractivity contribution in [3.05, 3.63) is 59.7 Å². The summed E-state index contributed by atoms with van der Waals surface area (Å²) in [6.07, 6.45) is 2.46. The van der Waals surface area contributed by atoms with Crippen molar-refractivity contribution in [1.29, 1.82) is 0 Å². The third-order valence-electron chi connectivity index (χ3n) is 5.36. The largest absolute Gasteiger partial charge is 0.495 e. The lowest BCUT2D eigenvalue weighted by atomic mass is 10.0. The summed E-state index contributed by atoms with van der Waals surface area (Å²) in [4.78, 5) is 12.8. The van der Waals surface area contributed by atoms with Crippen LogP contribution in [0, 0.1) is 5.92 Å². The topological polar surface area (TPSA) is 111 Å². The molecule has 1 aliphatic carbocycles. The Morgan fingerprint density at radius 2 is 1.97 bits per heavy atom. The van der Waals surface area contributed by atoms with Gasteiger partial charge >= 0.3 is 0 Å². The number of nitrogens with two attached hydrogens (primary N) is 1. The second kappa shape index (κ2) is 9.65. The van der Waals surface area contributed by atoms with Crippen LogP contribution in [0.2, 0.25) is 0 Å². The Labute approximate surface area is 188 Å². The summed E-state index contributed by atoms with van der Waals surface area (Å²) in [7, 11) is -2.58. The van der Waals surface area contributed by atoms with Gasteiger partial charge in [-0.15, -0.1) is 0 Å². The second-order valence-corrected chi connectivity index (χ2v) is 9.68. The van der Waals surface area contributed by atoms with Gasteiger partial charge in [0.25, 0.3) is 10.0 Å². The van der Waals surface area contributed by atoms with Crippen LogP contribution in [0.4, 0.5) is 0 Å². The van der Waals surface area contributed by atoms with Gasteiger partial charge in [0, 0.05) is 5.92 Å². The molecule has 2 aromatic rings. The average molecular weight is 462 g/mol. The molecule has 3 rings (SSSR count). The molecule has 7 nitrogen and oxygen atoms in total. The number of thiocarbonyl (C=S) groups is 1. The summed E-state index contributed by atoms with van der Waals surface area (Å²) >= 11 is 4.67. The summed E-state index contributed by atoms with van der Waals surface area (Å²) in [6, 6.07) is 14.8. The van der Waals surface area contributed by atoms with E-state index in [1.165, 1.54) is 13.2 Å². The standard InChI is InChI=1S/C22H27N3O4S2/c1-3-7-18(14-8-5-4-6-9-14)24-21(26)17-13-16(17)15-10-11-19(29-2)20(12-15)31(27,28)25-22(23)30/h4-6,8-12,16-18H,3,7,13H2,1-2H3,(H,24,26)(H3,23,25,30). The Morgan fingerprint density at radius 3 is 2.58 bits per heavy atom. The molecule has 9 heteroatoms. The fourth-order valence-electron chi connectivity index (χ4n) is 3.75. The highest BCUT2D eigenvalue weighted by Gasteiger charge is 2.45. The highest BCUT2D eigenvalue weighted by Crippen LogP contribution is 2.49. The first-order valence-electron chi connectivity index (χ1n) is 10.1. The van der Waals surface area contributed by atoms with Crippen molar-refractivity contribution in [3.63, 3.8) is 0 Å². The lowest BCUT2D eigenvalue weighted by Gasteiger charge is -2.19. The van der Waals surface area contributed by atoms with Crippen LogP contribution in [0.1, 0.15) is 49.3 Å². The molecule has 3 atom stereocenters. The number of ether oxygens (including phenoxy) is 1. The van der Waals surface area contributed by atoms with Crippen molar-refractivity contribution in [2.45, 2.75) is 43.0 Å². The second-order valence-electron chi connectivity index (χ2n) is 7.59. The first-order chi connectivity index (χ1) is 14.8. The zero-order valence-corrected chi connectivity index (χ0v) is 19.1. The maximum Gasteiger partial charge on any atom is 0.267 e. The first kappa shape index (κ1) is 23.0. The molecular weight excluding hydrogens is 434 g/mol. The van der Waals surface area contributed by atoms with Crippen LogP contribution in [-0.4, -0.2) is 26.5 Å². The van der Waals surface area contributed by atoms with E-state index in [9.17, 15) is 13.2 Å². The molecule has 31 heavy (non-hydrogen) atoms. The molecule has 0 aromatic heterocycles. The number of methoxy groups -OCH3 is 1. The van der Waals surface area contributed by atoms with E-state index < -0.39 is 10.0 Å². The lowest BCUT2D eigenvalue weighted by molar-refractivity contribution is -0.123. The predicted molar refractivity (Wildman–Crippen MR) is 123 cm³/mol. The van der Waals surface area contributed by atoms with Crippen molar-refractivity contribution < 1.29 is 17.9 Å². The van der Waals surface area contributed by atoms with Crippen molar-refractivity contribution in [3.8, 4) is 5.75 Å². The monoisotopic (exact) mass is 461 g/mol. The first-order valence-corrected chi connectivity index (χ1v) is 12.0. The third kappa shape index (κ3) is 5.54. The van der Waals surface area contributed by atoms with E-state index in [-0.39, 0.29) is 39.5 Å². The van der Waals surface area contributed by atoms with Gasteiger partial charge in [0.15, 0.2) is 5.11 Å². The van der Waals surface area contributed by atoms with Crippen molar-refractivity contribution >= 4 is 33.3 Å². The number of nitrogens with one attached hydrogen (secondary N) is 2. The quantitative estimate of drug-likeness (QED) is 0.495. The number of carbonyl (C=O) groups is 1. The van der Waals surface area contributed by atoms with Crippen molar-refractivity contribution in [1.82, 2.24) is 10.0 Å². The molecule has 2 aromatic carbocycles. The minimum atomic E-state index is -3.97. The Bertz CT molecular complexity index is 1060.